The van der Waals surface area contributed by atoms with Crippen molar-refractivity contribution in [1.82, 2.24) is 20.1 Å². The van der Waals surface area contributed by atoms with Crippen LogP contribution in [0.1, 0.15) is 36.1 Å². The van der Waals surface area contributed by atoms with Gasteiger partial charge in [0.05, 0.1) is 31.7 Å². The molecule has 1 atom stereocenters. The molecule has 3 aromatic rings. The molecular weight excluding hydrogens is 454 g/mol. The van der Waals surface area contributed by atoms with Gasteiger partial charge in [-0.15, -0.1) is 10.2 Å². The van der Waals surface area contributed by atoms with Crippen LogP contribution in [0.3, 0.4) is 0 Å². The highest BCUT2D eigenvalue weighted by molar-refractivity contribution is 7.99. The van der Waals surface area contributed by atoms with E-state index < -0.39 is 0 Å². The first-order valence-corrected chi connectivity index (χ1v) is 11.7. The molecule has 0 aliphatic rings. The number of amides is 2. The molecule has 2 N–H and O–H groups in total. The summed E-state index contributed by atoms with van der Waals surface area (Å²) in [6, 6.07) is 13.8. The zero-order valence-corrected chi connectivity index (χ0v) is 20.7. The largest absolute Gasteiger partial charge is 0.497 e. The number of carbonyl (C=O) groups excluding carboxylic acids is 2. The lowest BCUT2D eigenvalue weighted by molar-refractivity contribution is -0.113. The number of carbonyl (C=O) groups is 2. The molecule has 3 rings (SSSR count). The van der Waals surface area contributed by atoms with Crippen LogP contribution in [0, 0.1) is 5.92 Å². The molecule has 180 valence electrons. The lowest BCUT2D eigenvalue weighted by Gasteiger charge is -2.21. The summed E-state index contributed by atoms with van der Waals surface area (Å²) >= 11 is 1.27. The summed E-state index contributed by atoms with van der Waals surface area (Å²) in [4.78, 5) is 25.3. The predicted molar refractivity (Wildman–Crippen MR) is 131 cm³/mol. The molecule has 0 saturated carbocycles. The number of nitrogens with zero attached hydrogens (tertiary/aromatic N) is 3. The van der Waals surface area contributed by atoms with Crippen LogP contribution >= 0.6 is 11.8 Å². The number of methoxy groups -OCH3 is 2. The Labute approximate surface area is 203 Å². The Morgan fingerprint density at radius 3 is 2.38 bits per heavy atom. The van der Waals surface area contributed by atoms with Gasteiger partial charge in [0.25, 0.3) is 5.91 Å². The summed E-state index contributed by atoms with van der Waals surface area (Å²) in [6.45, 7) is 4.00. The third-order valence-corrected chi connectivity index (χ3v) is 6.19. The Balaban J connectivity index is 1.66. The maximum Gasteiger partial charge on any atom is 0.251 e. The van der Waals surface area contributed by atoms with Crippen LogP contribution in [-0.4, -0.2) is 46.6 Å². The number of para-hydroxylation sites is 2. The molecule has 1 heterocycles. The Morgan fingerprint density at radius 1 is 1.03 bits per heavy atom. The zero-order chi connectivity index (χ0) is 24.7. The van der Waals surface area contributed by atoms with E-state index in [1.54, 1.807) is 55.2 Å². The monoisotopic (exact) mass is 483 g/mol. The number of hydrogen-bond donors (Lipinski definition) is 2. The van der Waals surface area contributed by atoms with E-state index in [0.717, 1.165) is 0 Å². The SMILES string of the molecule is COc1ccc(C(=O)NC(c2nnc(SCC(=O)Nc3ccccc3OC)n2C)C(C)C)cc1. The average molecular weight is 484 g/mol. The van der Waals surface area contributed by atoms with Gasteiger partial charge in [0.2, 0.25) is 5.91 Å². The van der Waals surface area contributed by atoms with E-state index >= 15 is 0 Å². The molecule has 2 aromatic carbocycles. The van der Waals surface area contributed by atoms with Crippen LogP contribution in [-0.2, 0) is 11.8 Å². The van der Waals surface area contributed by atoms with Crippen molar-refractivity contribution < 1.29 is 19.1 Å². The molecule has 0 aliphatic carbocycles. The first-order chi connectivity index (χ1) is 16.3. The molecule has 0 spiro atoms. The molecule has 34 heavy (non-hydrogen) atoms. The second-order valence-electron chi connectivity index (χ2n) is 7.86. The van der Waals surface area contributed by atoms with Crippen molar-refractivity contribution in [2.45, 2.75) is 25.0 Å². The van der Waals surface area contributed by atoms with E-state index in [0.29, 0.717) is 33.7 Å². The van der Waals surface area contributed by atoms with Crippen LogP contribution in [0.25, 0.3) is 0 Å². The number of anilines is 1. The standard InChI is InChI=1S/C24H29N5O4S/c1-15(2)21(26-23(31)16-10-12-17(32-4)13-11-16)22-27-28-24(29(22)3)34-14-20(30)25-18-8-6-7-9-19(18)33-5/h6-13,15,21H,14H2,1-5H3,(H,25,30)(H,26,31). The van der Waals surface area contributed by atoms with Crippen molar-refractivity contribution in [3.63, 3.8) is 0 Å². The lowest BCUT2D eigenvalue weighted by atomic mass is 10.0. The smallest absolute Gasteiger partial charge is 0.251 e. The van der Waals surface area contributed by atoms with E-state index in [1.165, 1.54) is 11.8 Å². The van der Waals surface area contributed by atoms with Gasteiger partial charge in [-0.2, -0.15) is 0 Å². The summed E-state index contributed by atoms with van der Waals surface area (Å²) in [5, 5.41) is 15.0. The molecule has 10 heteroatoms. The van der Waals surface area contributed by atoms with Gasteiger partial charge in [0.1, 0.15) is 11.5 Å². The third-order valence-electron chi connectivity index (χ3n) is 5.17. The number of thioether (sulfide) groups is 1. The van der Waals surface area contributed by atoms with Crippen LogP contribution in [0.5, 0.6) is 11.5 Å². The molecule has 9 nitrogen and oxygen atoms in total. The predicted octanol–water partition coefficient (Wildman–Crippen LogP) is 3.69. The summed E-state index contributed by atoms with van der Waals surface area (Å²) in [6.07, 6.45) is 0. The first-order valence-electron chi connectivity index (χ1n) is 10.7. The minimum absolute atomic E-state index is 0.0665. The van der Waals surface area contributed by atoms with Crippen LogP contribution in [0.2, 0.25) is 0 Å². The highest BCUT2D eigenvalue weighted by atomic mass is 32.2. The normalized spacial score (nSPS) is 11.7. The van der Waals surface area contributed by atoms with Gasteiger partial charge >= 0.3 is 0 Å². The van der Waals surface area contributed by atoms with E-state index in [-0.39, 0.29) is 29.5 Å². The molecule has 0 bridgehead atoms. The fraction of sp³-hybridized carbons (Fsp3) is 0.333. The van der Waals surface area contributed by atoms with Crippen molar-refractivity contribution in [2.75, 3.05) is 25.3 Å². The van der Waals surface area contributed by atoms with Gasteiger partial charge in [0, 0.05) is 12.6 Å². The van der Waals surface area contributed by atoms with Crippen LogP contribution in [0.15, 0.2) is 53.7 Å². The Kier molecular flexibility index (Phi) is 8.53. The van der Waals surface area contributed by atoms with Crippen molar-refractivity contribution >= 4 is 29.3 Å². The van der Waals surface area contributed by atoms with E-state index in [9.17, 15) is 9.59 Å². The number of rotatable bonds is 10. The fourth-order valence-corrected chi connectivity index (χ4v) is 4.00. The Morgan fingerprint density at radius 2 is 1.74 bits per heavy atom. The summed E-state index contributed by atoms with van der Waals surface area (Å²) < 4.78 is 12.2. The molecule has 0 radical (unpaired) electrons. The molecular formula is C24H29N5O4S. The molecule has 1 aromatic heterocycles. The highest BCUT2D eigenvalue weighted by Gasteiger charge is 2.25. The Hall–Kier alpha value is -3.53. The minimum atomic E-state index is -0.358. The molecule has 0 saturated heterocycles. The minimum Gasteiger partial charge on any atom is -0.497 e. The summed E-state index contributed by atoms with van der Waals surface area (Å²) in [5.74, 6) is 1.70. The molecule has 2 amide bonds. The Bertz CT molecular complexity index is 1130. The average Bonchev–Trinajstić information content (AvgIpc) is 3.21. The topological polar surface area (TPSA) is 107 Å². The second-order valence-corrected chi connectivity index (χ2v) is 8.80. The van der Waals surface area contributed by atoms with Crippen molar-refractivity contribution in [3.8, 4) is 11.5 Å². The number of ether oxygens (including phenoxy) is 2. The molecule has 1 unspecified atom stereocenters. The van der Waals surface area contributed by atoms with Crippen LogP contribution in [0.4, 0.5) is 5.69 Å². The fourth-order valence-electron chi connectivity index (χ4n) is 3.28. The van der Waals surface area contributed by atoms with E-state index in [1.807, 2.05) is 33.0 Å². The molecule has 0 aliphatic heterocycles. The number of hydrogen-bond acceptors (Lipinski definition) is 7. The van der Waals surface area contributed by atoms with E-state index in [2.05, 4.69) is 20.8 Å². The number of benzene rings is 2. The van der Waals surface area contributed by atoms with Gasteiger partial charge in [0.15, 0.2) is 11.0 Å². The van der Waals surface area contributed by atoms with Crippen molar-refractivity contribution in [2.24, 2.45) is 13.0 Å². The first kappa shape index (κ1) is 25.1. The van der Waals surface area contributed by atoms with Gasteiger partial charge < -0.3 is 24.7 Å². The quantitative estimate of drug-likeness (QED) is 0.424. The van der Waals surface area contributed by atoms with Gasteiger partial charge in [-0.3, -0.25) is 9.59 Å². The summed E-state index contributed by atoms with van der Waals surface area (Å²) in [7, 11) is 4.96. The van der Waals surface area contributed by atoms with Crippen LogP contribution < -0.4 is 20.1 Å². The van der Waals surface area contributed by atoms with E-state index in [4.69, 9.17) is 9.47 Å². The lowest BCUT2D eigenvalue weighted by Crippen LogP contribution is -2.33. The van der Waals surface area contributed by atoms with Gasteiger partial charge in [-0.05, 0) is 42.3 Å². The van der Waals surface area contributed by atoms with Gasteiger partial charge in [-0.1, -0.05) is 37.7 Å². The molecule has 0 fully saturated rings. The highest BCUT2D eigenvalue weighted by Crippen LogP contribution is 2.26. The summed E-state index contributed by atoms with van der Waals surface area (Å²) in [5.41, 5.74) is 1.13. The van der Waals surface area contributed by atoms with Gasteiger partial charge in [-0.25, -0.2) is 0 Å². The zero-order valence-electron chi connectivity index (χ0n) is 19.9. The van der Waals surface area contributed by atoms with Crippen molar-refractivity contribution in [1.29, 1.82) is 0 Å². The number of aromatic nitrogens is 3. The maximum absolute atomic E-state index is 12.8. The van der Waals surface area contributed by atoms with Crippen molar-refractivity contribution in [3.05, 3.63) is 59.9 Å². The maximum atomic E-state index is 12.8. The number of nitrogens with one attached hydrogen (secondary N) is 2. The second kappa shape index (κ2) is 11.6. The third kappa shape index (κ3) is 6.07.